The number of rotatable bonds is 6. The predicted octanol–water partition coefficient (Wildman–Crippen LogP) is 4.99. The van der Waals surface area contributed by atoms with E-state index in [1.54, 1.807) is 6.92 Å². The lowest BCUT2D eigenvalue weighted by Crippen LogP contribution is -2.35. The summed E-state index contributed by atoms with van der Waals surface area (Å²) in [7, 11) is 0. The summed E-state index contributed by atoms with van der Waals surface area (Å²) in [5.41, 5.74) is 3.70. The molecule has 4 aromatic rings. The first-order valence-electron chi connectivity index (χ1n) is 9.64. The van der Waals surface area contributed by atoms with Crippen LogP contribution in [-0.2, 0) is 11.3 Å². The van der Waals surface area contributed by atoms with E-state index in [4.69, 9.17) is 9.72 Å². The number of carbonyl (C=O) groups is 1. The molecule has 4 rings (SSSR count). The van der Waals surface area contributed by atoms with Gasteiger partial charge in [0.05, 0.1) is 11.2 Å². The lowest BCUT2D eigenvalue weighted by molar-refractivity contribution is -0.127. The number of hydrogen-bond acceptors (Lipinski definition) is 3. The maximum Gasteiger partial charge on any atom is 0.261 e. The van der Waals surface area contributed by atoms with Crippen molar-refractivity contribution in [2.24, 2.45) is 0 Å². The number of nitrogens with one attached hydrogen (secondary N) is 1. The normalized spacial score (nSPS) is 11.8. The molecule has 0 bridgehead atoms. The molecule has 0 radical (unpaired) electrons. The second-order valence-electron chi connectivity index (χ2n) is 6.85. The van der Waals surface area contributed by atoms with Crippen LogP contribution in [0.1, 0.15) is 12.5 Å². The zero-order valence-electron chi connectivity index (χ0n) is 16.2. The van der Waals surface area contributed by atoms with Crippen LogP contribution in [0, 0.1) is 0 Å². The van der Waals surface area contributed by atoms with E-state index in [1.165, 1.54) is 0 Å². The van der Waals surface area contributed by atoms with Crippen LogP contribution in [0.5, 0.6) is 5.75 Å². The van der Waals surface area contributed by atoms with Crippen LogP contribution in [0.15, 0.2) is 91.0 Å². The molecule has 4 nitrogen and oxygen atoms in total. The highest BCUT2D eigenvalue weighted by atomic mass is 16.5. The van der Waals surface area contributed by atoms with Crippen molar-refractivity contribution in [3.8, 4) is 17.0 Å². The van der Waals surface area contributed by atoms with Gasteiger partial charge in [0.1, 0.15) is 5.75 Å². The summed E-state index contributed by atoms with van der Waals surface area (Å²) in [5, 5.41) is 3.82. The van der Waals surface area contributed by atoms with E-state index in [0.29, 0.717) is 12.3 Å². The lowest BCUT2D eigenvalue weighted by atomic mass is 10.1. The highest BCUT2D eigenvalue weighted by Gasteiger charge is 2.17. The molecule has 3 aromatic carbocycles. The van der Waals surface area contributed by atoms with Crippen LogP contribution in [0.4, 0.5) is 0 Å². The summed E-state index contributed by atoms with van der Waals surface area (Å²) in [6, 6.07) is 29.5. The molecule has 0 saturated heterocycles. The molecule has 0 spiro atoms. The molecule has 1 unspecified atom stereocenters. The third-order valence-corrected chi connectivity index (χ3v) is 4.73. The molecule has 1 amide bonds. The van der Waals surface area contributed by atoms with E-state index < -0.39 is 6.10 Å². The fourth-order valence-corrected chi connectivity index (χ4v) is 3.17. The van der Waals surface area contributed by atoms with Crippen molar-refractivity contribution in [1.29, 1.82) is 0 Å². The zero-order valence-corrected chi connectivity index (χ0v) is 16.2. The third-order valence-electron chi connectivity index (χ3n) is 4.73. The van der Waals surface area contributed by atoms with Gasteiger partial charge in [-0.15, -0.1) is 0 Å². The van der Waals surface area contributed by atoms with Crippen molar-refractivity contribution in [3.63, 3.8) is 0 Å². The molecule has 1 atom stereocenters. The Bertz CT molecular complexity index is 1110. The molecule has 0 saturated carbocycles. The zero-order chi connectivity index (χ0) is 20.1. The highest BCUT2D eigenvalue weighted by Crippen LogP contribution is 2.30. The molecule has 144 valence electrons. The van der Waals surface area contributed by atoms with Crippen molar-refractivity contribution < 1.29 is 9.53 Å². The SMILES string of the molecule is CC(Oc1cc(-c2ccccc2)nc2ccccc12)C(=O)NCc1ccccc1. The first-order valence-corrected chi connectivity index (χ1v) is 9.64. The number of hydrogen-bond donors (Lipinski definition) is 1. The van der Waals surface area contributed by atoms with Gasteiger partial charge < -0.3 is 10.1 Å². The van der Waals surface area contributed by atoms with E-state index in [2.05, 4.69) is 5.32 Å². The smallest absolute Gasteiger partial charge is 0.261 e. The number of amides is 1. The first kappa shape index (κ1) is 18.7. The van der Waals surface area contributed by atoms with Crippen LogP contribution in [0.25, 0.3) is 22.2 Å². The van der Waals surface area contributed by atoms with Gasteiger partial charge >= 0.3 is 0 Å². The van der Waals surface area contributed by atoms with Crippen LogP contribution in [0.3, 0.4) is 0 Å². The molecular weight excluding hydrogens is 360 g/mol. The number of nitrogens with zero attached hydrogens (tertiary/aromatic N) is 1. The number of carbonyl (C=O) groups excluding carboxylic acids is 1. The summed E-state index contributed by atoms with van der Waals surface area (Å²) >= 11 is 0. The molecule has 1 heterocycles. The largest absolute Gasteiger partial charge is 0.480 e. The topological polar surface area (TPSA) is 51.2 Å². The van der Waals surface area contributed by atoms with Crippen LogP contribution in [-0.4, -0.2) is 17.0 Å². The van der Waals surface area contributed by atoms with Gasteiger partial charge in [0.25, 0.3) is 5.91 Å². The van der Waals surface area contributed by atoms with Gasteiger partial charge in [0.15, 0.2) is 6.10 Å². The predicted molar refractivity (Wildman–Crippen MR) is 116 cm³/mol. The van der Waals surface area contributed by atoms with Crippen molar-refractivity contribution in [1.82, 2.24) is 10.3 Å². The maximum atomic E-state index is 12.6. The van der Waals surface area contributed by atoms with E-state index >= 15 is 0 Å². The minimum atomic E-state index is -0.631. The van der Waals surface area contributed by atoms with Gasteiger partial charge in [-0.05, 0) is 24.6 Å². The minimum absolute atomic E-state index is 0.156. The molecular formula is C25H22N2O2. The summed E-state index contributed by atoms with van der Waals surface area (Å²) in [4.78, 5) is 17.3. The molecule has 0 fully saturated rings. The van der Waals surface area contributed by atoms with Crippen LogP contribution >= 0.6 is 0 Å². The molecule has 29 heavy (non-hydrogen) atoms. The molecule has 1 N–H and O–H groups in total. The molecule has 0 aliphatic rings. The summed E-state index contributed by atoms with van der Waals surface area (Å²) < 4.78 is 6.09. The van der Waals surface area contributed by atoms with E-state index in [0.717, 1.165) is 27.7 Å². The van der Waals surface area contributed by atoms with Gasteiger partial charge in [0.2, 0.25) is 0 Å². The van der Waals surface area contributed by atoms with Gasteiger partial charge in [-0.25, -0.2) is 4.98 Å². The second kappa shape index (κ2) is 8.57. The summed E-state index contributed by atoms with van der Waals surface area (Å²) in [6.07, 6.45) is -0.631. The number of fused-ring (bicyclic) bond motifs is 1. The Morgan fingerprint density at radius 3 is 2.34 bits per heavy atom. The summed E-state index contributed by atoms with van der Waals surface area (Å²) in [5.74, 6) is 0.493. The fraction of sp³-hybridized carbons (Fsp3) is 0.120. The highest BCUT2D eigenvalue weighted by molar-refractivity contribution is 5.89. The van der Waals surface area contributed by atoms with E-state index in [-0.39, 0.29) is 5.91 Å². The van der Waals surface area contributed by atoms with E-state index in [9.17, 15) is 4.79 Å². The summed E-state index contributed by atoms with van der Waals surface area (Å²) in [6.45, 7) is 2.23. The monoisotopic (exact) mass is 382 g/mol. The fourth-order valence-electron chi connectivity index (χ4n) is 3.17. The average Bonchev–Trinajstić information content (AvgIpc) is 2.78. The minimum Gasteiger partial charge on any atom is -0.480 e. The Morgan fingerprint density at radius 2 is 1.59 bits per heavy atom. The molecule has 0 aliphatic carbocycles. The Kier molecular flexibility index (Phi) is 5.52. The van der Waals surface area contributed by atoms with Crippen molar-refractivity contribution in [2.75, 3.05) is 0 Å². The van der Waals surface area contributed by atoms with Crippen molar-refractivity contribution >= 4 is 16.8 Å². The van der Waals surface area contributed by atoms with E-state index in [1.807, 2.05) is 91.0 Å². The molecule has 1 aromatic heterocycles. The van der Waals surface area contributed by atoms with Crippen molar-refractivity contribution in [2.45, 2.75) is 19.6 Å². The Balaban J connectivity index is 1.57. The lowest BCUT2D eigenvalue weighted by Gasteiger charge is -2.17. The number of para-hydroxylation sites is 1. The Morgan fingerprint density at radius 1 is 0.931 bits per heavy atom. The van der Waals surface area contributed by atoms with Gasteiger partial charge in [-0.1, -0.05) is 72.8 Å². The van der Waals surface area contributed by atoms with Gasteiger partial charge in [-0.2, -0.15) is 0 Å². The first-order chi connectivity index (χ1) is 14.2. The second-order valence-corrected chi connectivity index (χ2v) is 6.85. The van der Waals surface area contributed by atoms with Gasteiger partial charge in [-0.3, -0.25) is 4.79 Å². The number of ether oxygens (including phenoxy) is 1. The number of pyridine rings is 1. The Hall–Kier alpha value is -3.66. The van der Waals surface area contributed by atoms with Gasteiger partial charge in [0, 0.05) is 23.6 Å². The van der Waals surface area contributed by atoms with Crippen LogP contribution < -0.4 is 10.1 Å². The van der Waals surface area contributed by atoms with Crippen molar-refractivity contribution in [3.05, 3.63) is 96.6 Å². The average molecular weight is 382 g/mol. The molecule has 4 heteroatoms. The number of benzene rings is 3. The molecule has 0 aliphatic heterocycles. The number of aromatic nitrogens is 1. The maximum absolute atomic E-state index is 12.6. The Labute approximate surface area is 170 Å². The third kappa shape index (κ3) is 4.43. The standard InChI is InChI=1S/C25H22N2O2/c1-18(25(28)26-17-19-10-4-2-5-11-19)29-24-16-23(20-12-6-3-7-13-20)27-22-15-9-8-14-21(22)24/h2-16,18H,17H2,1H3,(H,26,28). The quantitative estimate of drug-likeness (QED) is 0.511. The van der Waals surface area contributed by atoms with Crippen LogP contribution in [0.2, 0.25) is 0 Å².